The normalized spacial score (nSPS) is 11.7. The summed E-state index contributed by atoms with van der Waals surface area (Å²) in [5.74, 6) is -0.900. The van der Waals surface area contributed by atoms with Gasteiger partial charge < -0.3 is 15.3 Å². The molecule has 0 heterocycles. The van der Waals surface area contributed by atoms with E-state index in [1.165, 1.54) is 4.90 Å². The number of hydrogen-bond acceptors (Lipinski definition) is 3. The van der Waals surface area contributed by atoms with Gasteiger partial charge in [0, 0.05) is 19.6 Å². The molecule has 17 heavy (non-hydrogen) atoms. The van der Waals surface area contributed by atoms with Crippen LogP contribution in [0.1, 0.15) is 26.7 Å². The second kappa shape index (κ2) is 7.49. The van der Waals surface area contributed by atoms with Gasteiger partial charge in [-0.25, -0.2) is 4.79 Å². The van der Waals surface area contributed by atoms with Crippen molar-refractivity contribution in [2.24, 2.45) is 5.92 Å². The van der Waals surface area contributed by atoms with Crippen LogP contribution in [0.3, 0.4) is 0 Å². The van der Waals surface area contributed by atoms with E-state index in [0.29, 0.717) is 6.54 Å². The van der Waals surface area contributed by atoms with E-state index in [2.05, 4.69) is 5.32 Å². The summed E-state index contributed by atoms with van der Waals surface area (Å²) in [5, 5.41) is 19.8. The fraction of sp³-hybridized carbons (Fsp3) is 0.727. The predicted octanol–water partition coefficient (Wildman–Crippen LogP) is 1.04. The molecule has 0 aliphatic carbocycles. The number of amides is 2. The lowest BCUT2D eigenvalue weighted by molar-refractivity contribution is -0.137. The number of aliphatic carboxylic acids is 1. The number of nitriles is 1. The van der Waals surface area contributed by atoms with Gasteiger partial charge in [0.2, 0.25) is 0 Å². The molecule has 2 amide bonds. The average molecular weight is 241 g/mol. The van der Waals surface area contributed by atoms with Crippen molar-refractivity contribution in [3.8, 4) is 6.07 Å². The second-order valence-corrected chi connectivity index (χ2v) is 4.23. The zero-order valence-corrected chi connectivity index (χ0v) is 10.4. The fourth-order valence-corrected chi connectivity index (χ4v) is 1.23. The Morgan fingerprint density at radius 2 is 2.06 bits per heavy atom. The Labute approximate surface area is 101 Å². The maximum absolute atomic E-state index is 11.7. The Morgan fingerprint density at radius 3 is 2.47 bits per heavy atom. The lowest BCUT2D eigenvalue weighted by atomic mass is 10.0. The van der Waals surface area contributed by atoms with Gasteiger partial charge in [0.25, 0.3) is 0 Å². The largest absolute Gasteiger partial charge is 0.481 e. The molecule has 96 valence electrons. The highest BCUT2D eigenvalue weighted by Crippen LogP contribution is 2.06. The smallest absolute Gasteiger partial charge is 0.317 e. The fourth-order valence-electron chi connectivity index (χ4n) is 1.23. The van der Waals surface area contributed by atoms with Crippen molar-refractivity contribution in [1.29, 1.82) is 5.26 Å². The highest BCUT2D eigenvalue weighted by molar-refractivity contribution is 5.75. The van der Waals surface area contributed by atoms with Gasteiger partial charge in [-0.15, -0.1) is 0 Å². The van der Waals surface area contributed by atoms with Crippen LogP contribution in [0.4, 0.5) is 4.79 Å². The van der Waals surface area contributed by atoms with E-state index in [9.17, 15) is 9.59 Å². The van der Waals surface area contributed by atoms with Crippen LogP contribution in [-0.2, 0) is 4.79 Å². The molecule has 0 aliphatic rings. The molecule has 6 nitrogen and oxygen atoms in total. The molecule has 2 N–H and O–H groups in total. The number of rotatable bonds is 6. The number of urea groups is 1. The highest BCUT2D eigenvalue weighted by Gasteiger charge is 2.20. The summed E-state index contributed by atoms with van der Waals surface area (Å²) in [6.45, 7) is 4.03. The Bertz CT molecular complexity index is 310. The number of nitrogens with one attached hydrogen (secondary N) is 1. The quantitative estimate of drug-likeness (QED) is 0.726. The zero-order chi connectivity index (χ0) is 13.4. The van der Waals surface area contributed by atoms with Gasteiger partial charge in [0.05, 0.1) is 18.9 Å². The minimum atomic E-state index is -0.941. The number of nitrogens with zero attached hydrogens (tertiary/aromatic N) is 2. The first kappa shape index (κ1) is 15.2. The molecule has 0 aromatic rings. The van der Waals surface area contributed by atoms with Crippen molar-refractivity contribution in [3.05, 3.63) is 0 Å². The van der Waals surface area contributed by atoms with Crippen molar-refractivity contribution in [3.63, 3.8) is 0 Å². The zero-order valence-electron chi connectivity index (χ0n) is 10.4. The van der Waals surface area contributed by atoms with Crippen molar-refractivity contribution >= 4 is 12.0 Å². The number of carbonyl (C=O) groups is 2. The van der Waals surface area contributed by atoms with Gasteiger partial charge in [-0.2, -0.15) is 5.26 Å². The van der Waals surface area contributed by atoms with Crippen molar-refractivity contribution in [2.45, 2.75) is 32.7 Å². The number of carbonyl (C=O) groups excluding carboxylic acids is 1. The Kier molecular flexibility index (Phi) is 6.71. The maximum atomic E-state index is 11.7. The molecule has 0 radical (unpaired) electrons. The standard InChI is InChI=1S/C11H19N3O3/c1-8(2)9(7-10(15)16)13-11(17)14(3)6-4-5-12/h8-9H,4,6-7H2,1-3H3,(H,13,17)(H,15,16). The SMILES string of the molecule is CC(C)C(CC(=O)O)NC(=O)N(C)CCC#N. The van der Waals surface area contributed by atoms with Gasteiger partial charge in [-0.1, -0.05) is 13.8 Å². The van der Waals surface area contributed by atoms with E-state index in [0.717, 1.165) is 0 Å². The van der Waals surface area contributed by atoms with Crippen LogP contribution in [0, 0.1) is 17.2 Å². The molecule has 0 aliphatic heterocycles. The number of carboxylic acids is 1. The van der Waals surface area contributed by atoms with Crippen LogP contribution in [-0.4, -0.2) is 41.6 Å². The van der Waals surface area contributed by atoms with Gasteiger partial charge in [-0.05, 0) is 5.92 Å². The van der Waals surface area contributed by atoms with Crippen LogP contribution in [0.25, 0.3) is 0 Å². The summed E-state index contributed by atoms with van der Waals surface area (Å²) in [6.07, 6.45) is 0.157. The summed E-state index contributed by atoms with van der Waals surface area (Å²) in [6, 6.07) is 1.20. The number of hydrogen-bond donors (Lipinski definition) is 2. The molecule has 0 saturated heterocycles. The molecule has 0 rings (SSSR count). The lowest BCUT2D eigenvalue weighted by Gasteiger charge is -2.24. The molecule has 0 aromatic heterocycles. The summed E-state index contributed by atoms with van der Waals surface area (Å²) >= 11 is 0. The maximum Gasteiger partial charge on any atom is 0.317 e. The van der Waals surface area contributed by atoms with Gasteiger partial charge in [0.1, 0.15) is 0 Å². The van der Waals surface area contributed by atoms with Crippen molar-refractivity contribution < 1.29 is 14.7 Å². The van der Waals surface area contributed by atoms with Gasteiger partial charge >= 0.3 is 12.0 Å². The topological polar surface area (TPSA) is 93.4 Å². The second-order valence-electron chi connectivity index (χ2n) is 4.23. The summed E-state index contributed by atoms with van der Waals surface area (Å²) in [5.41, 5.74) is 0. The van der Waals surface area contributed by atoms with Crippen molar-refractivity contribution in [2.75, 3.05) is 13.6 Å². The molecular formula is C11H19N3O3. The van der Waals surface area contributed by atoms with Crippen LogP contribution < -0.4 is 5.32 Å². The van der Waals surface area contributed by atoms with Crippen LogP contribution in [0.5, 0.6) is 0 Å². The first-order chi connectivity index (χ1) is 7.88. The lowest BCUT2D eigenvalue weighted by Crippen LogP contribution is -2.46. The van der Waals surface area contributed by atoms with E-state index < -0.39 is 12.0 Å². The summed E-state index contributed by atoms with van der Waals surface area (Å²) in [7, 11) is 1.57. The number of carboxylic acid groups (broad SMARTS) is 1. The Hall–Kier alpha value is -1.77. The van der Waals surface area contributed by atoms with Crippen LogP contribution in [0.15, 0.2) is 0 Å². The molecule has 0 fully saturated rings. The highest BCUT2D eigenvalue weighted by atomic mass is 16.4. The molecule has 1 atom stereocenters. The third-order valence-corrected chi connectivity index (χ3v) is 2.41. The van der Waals surface area contributed by atoms with Gasteiger partial charge in [-0.3, -0.25) is 4.79 Å². The van der Waals surface area contributed by atoms with E-state index in [1.54, 1.807) is 7.05 Å². The van der Waals surface area contributed by atoms with E-state index in [4.69, 9.17) is 10.4 Å². The van der Waals surface area contributed by atoms with Gasteiger partial charge in [0.15, 0.2) is 0 Å². The minimum Gasteiger partial charge on any atom is -0.481 e. The Morgan fingerprint density at radius 1 is 1.47 bits per heavy atom. The van der Waals surface area contributed by atoms with E-state index >= 15 is 0 Å². The van der Waals surface area contributed by atoms with E-state index in [-0.39, 0.29) is 24.8 Å². The average Bonchev–Trinajstić information content (AvgIpc) is 2.23. The molecule has 6 heteroatoms. The van der Waals surface area contributed by atoms with Crippen molar-refractivity contribution in [1.82, 2.24) is 10.2 Å². The third kappa shape index (κ3) is 6.40. The van der Waals surface area contributed by atoms with E-state index in [1.807, 2.05) is 19.9 Å². The third-order valence-electron chi connectivity index (χ3n) is 2.41. The summed E-state index contributed by atoms with van der Waals surface area (Å²) < 4.78 is 0. The molecule has 0 aromatic carbocycles. The predicted molar refractivity (Wildman–Crippen MR) is 62.3 cm³/mol. The Balaban J connectivity index is 4.30. The molecule has 0 bridgehead atoms. The molecule has 0 saturated carbocycles. The van der Waals surface area contributed by atoms with Crippen LogP contribution >= 0.6 is 0 Å². The van der Waals surface area contributed by atoms with Crippen LogP contribution in [0.2, 0.25) is 0 Å². The minimum absolute atomic E-state index is 0.0411. The summed E-state index contributed by atoms with van der Waals surface area (Å²) in [4.78, 5) is 23.7. The molecule has 0 spiro atoms. The molecule has 1 unspecified atom stereocenters. The first-order valence-electron chi connectivity index (χ1n) is 5.48. The molecular weight excluding hydrogens is 222 g/mol. The monoisotopic (exact) mass is 241 g/mol. The first-order valence-corrected chi connectivity index (χ1v) is 5.48.